The van der Waals surface area contributed by atoms with Crippen molar-refractivity contribution in [3.63, 3.8) is 0 Å². The Hall–Kier alpha value is -1.89. The standard InChI is InChI=1S/C14H21N5OS/c1-14(2,3)13-18-11(9-21-13)5-16-10-6-17-19(7-10)8-12(20)15-4/h6-7,9,16H,5,8H2,1-4H3,(H,15,20). The Morgan fingerprint density at radius 1 is 1.43 bits per heavy atom. The molecule has 0 bridgehead atoms. The Balaban J connectivity index is 1.91. The second-order valence-electron chi connectivity index (χ2n) is 5.85. The van der Waals surface area contributed by atoms with E-state index in [9.17, 15) is 4.79 Å². The van der Waals surface area contributed by atoms with Gasteiger partial charge in [-0.05, 0) is 0 Å². The van der Waals surface area contributed by atoms with Crippen LogP contribution in [0.3, 0.4) is 0 Å². The van der Waals surface area contributed by atoms with Crippen LogP contribution in [0.2, 0.25) is 0 Å². The lowest BCUT2D eigenvalue weighted by Crippen LogP contribution is -2.23. The highest BCUT2D eigenvalue weighted by atomic mass is 32.1. The lowest BCUT2D eigenvalue weighted by molar-refractivity contribution is -0.121. The first-order valence-electron chi connectivity index (χ1n) is 6.80. The van der Waals surface area contributed by atoms with Crippen LogP contribution in [0.15, 0.2) is 17.8 Å². The highest BCUT2D eigenvalue weighted by Crippen LogP contribution is 2.25. The predicted octanol–water partition coefficient (Wildman–Crippen LogP) is 2.00. The van der Waals surface area contributed by atoms with E-state index in [1.165, 1.54) is 0 Å². The average molecular weight is 307 g/mol. The summed E-state index contributed by atoms with van der Waals surface area (Å²) >= 11 is 1.68. The summed E-state index contributed by atoms with van der Waals surface area (Å²) in [5.41, 5.74) is 1.98. The van der Waals surface area contributed by atoms with Crippen LogP contribution >= 0.6 is 11.3 Å². The topological polar surface area (TPSA) is 71.8 Å². The molecule has 7 heteroatoms. The van der Waals surface area contributed by atoms with Crippen molar-refractivity contribution in [2.45, 2.75) is 39.3 Å². The number of rotatable bonds is 5. The Kier molecular flexibility index (Phi) is 4.62. The molecule has 2 aromatic rings. The molecule has 0 atom stereocenters. The summed E-state index contributed by atoms with van der Waals surface area (Å²) in [6, 6.07) is 0. The van der Waals surface area contributed by atoms with Gasteiger partial charge in [0.2, 0.25) is 5.91 Å². The van der Waals surface area contributed by atoms with Crippen molar-refractivity contribution in [2.24, 2.45) is 0 Å². The van der Waals surface area contributed by atoms with E-state index in [1.54, 1.807) is 29.3 Å². The number of hydrogen-bond acceptors (Lipinski definition) is 5. The van der Waals surface area contributed by atoms with Crippen LogP contribution in [-0.2, 0) is 23.3 Å². The molecule has 0 aliphatic heterocycles. The van der Waals surface area contributed by atoms with E-state index < -0.39 is 0 Å². The summed E-state index contributed by atoms with van der Waals surface area (Å²) < 4.78 is 1.60. The molecule has 0 spiro atoms. The van der Waals surface area contributed by atoms with Crippen molar-refractivity contribution in [3.05, 3.63) is 28.5 Å². The minimum atomic E-state index is -0.0704. The Labute approximate surface area is 128 Å². The molecule has 114 valence electrons. The van der Waals surface area contributed by atoms with Gasteiger partial charge in [-0.3, -0.25) is 9.48 Å². The lowest BCUT2D eigenvalue weighted by atomic mass is 9.98. The van der Waals surface area contributed by atoms with E-state index in [0.717, 1.165) is 16.4 Å². The molecular weight excluding hydrogens is 286 g/mol. The van der Waals surface area contributed by atoms with E-state index in [-0.39, 0.29) is 17.9 Å². The number of carbonyl (C=O) groups excluding carboxylic acids is 1. The van der Waals surface area contributed by atoms with Crippen molar-refractivity contribution < 1.29 is 4.79 Å². The summed E-state index contributed by atoms with van der Waals surface area (Å²) in [6.07, 6.45) is 3.52. The average Bonchev–Trinajstić information content (AvgIpc) is 3.04. The van der Waals surface area contributed by atoms with E-state index in [1.807, 2.05) is 6.20 Å². The van der Waals surface area contributed by atoms with Crippen LogP contribution in [0.1, 0.15) is 31.5 Å². The van der Waals surface area contributed by atoms with Gasteiger partial charge < -0.3 is 10.6 Å². The summed E-state index contributed by atoms with van der Waals surface area (Å²) in [7, 11) is 1.61. The normalized spacial score (nSPS) is 11.4. The number of carbonyl (C=O) groups is 1. The zero-order chi connectivity index (χ0) is 15.5. The van der Waals surface area contributed by atoms with Gasteiger partial charge in [0.15, 0.2) is 0 Å². The number of aromatic nitrogens is 3. The minimum Gasteiger partial charge on any atom is -0.377 e. The van der Waals surface area contributed by atoms with Crippen molar-refractivity contribution in [1.82, 2.24) is 20.1 Å². The van der Waals surface area contributed by atoms with Crippen molar-refractivity contribution >= 4 is 22.9 Å². The summed E-state index contributed by atoms with van der Waals surface area (Å²) in [5.74, 6) is -0.0704. The third-order valence-corrected chi connectivity index (χ3v) is 4.20. The van der Waals surface area contributed by atoms with Gasteiger partial charge in [-0.2, -0.15) is 5.10 Å². The van der Waals surface area contributed by atoms with E-state index >= 15 is 0 Å². The maximum Gasteiger partial charge on any atom is 0.241 e. The number of likely N-dealkylation sites (N-methyl/N-ethyl adjacent to an activating group) is 1. The molecule has 2 rings (SSSR count). The lowest BCUT2D eigenvalue weighted by Gasteiger charge is -2.13. The number of anilines is 1. The molecule has 6 nitrogen and oxygen atoms in total. The summed E-state index contributed by atoms with van der Waals surface area (Å²) in [5, 5.41) is 13.2. The van der Waals surface area contributed by atoms with Crippen molar-refractivity contribution in [3.8, 4) is 0 Å². The summed E-state index contributed by atoms with van der Waals surface area (Å²) in [4.78, 5) is 15.9. The van der Waals surface area contributed by atoms with Gasteiger partial charge in [-0.15, -0.1) is 11.3 Å². The molecule has 1 amide bonds. The molecule has 0 fully saturated rings. The second-order valence-corrected chi connectivity index (χ2v) is 6.71. The molecule has 0 radical (unpaired) electrons. The zero-order valence-corrected chi connectivity index (χ0v) is 13.6. The van der Waals surface area contributed by atoms with Gasteiger partial charge in [0.05, 0.1) is 29.1 Å². The van der Waals surface area contributed by atoms with Crippen LogP contribution in [0.4, 0.5) is 5.69 Å². The molecule has 2 heterocycles. The Morgan fingerprint density at radius 2 is 2.19 bits per heavy atom. The van der Waals surface area contributed by atoms with Crippen molar-refractivity contribution in [2.75, 3.05) is 12.4 Å². The first-order valence-corrected chi connectivity index (χ1v) is 7.68. The third-order valence-electron chi connectivity index (χ3n) is 2.88. The quantitative estimate of drug-likeness (QED) is 0.886. The number of thiazole rings is 1. The molecule has 0 saturated heterocycles. The van der Waals surface area contributed by atoms with Gasteiger partial charge in [0.1, 0.15) is 6.54 Å². The Morgan fingerprint density at radius 3 is 2.81 bits per heavy atom. The van der Waals surface area contributed by atoms with Crippen LogP contribution in [-0.4, -0.2) is 27.7 Å². The van der Waals surface area contributed by atoms with Crippen LogP contribution in [0.25, 0.3) is 0 Å². The minimum absolute atomic E-state index is 0.0704. The number of nitrogens with zero attached hydrogens (tertiary/aromatic N) is 3. The van der Waals surface area contributed by atoms with Crippen LogP contribution < -0.4 is 10.6 Å². The van der Waals surface area contributed by atoms with E-state index in [4.69, 9.17) is 0 Å². The van der Waals surface area contributed by atoms with Gasteiger partial charge in [0.25, 0.3) is 0 Å². The molecule has 0 aliphatic rings. The summed E-state index contributed by atoms with van der Waals surface area (Å²) in [6.45, 7) is 7.35. The molecule has 0 aliphatic carbocycles. The number of amides is 1. The van der Waals surface area contributed by atoms with Gasteiger partial charge in [0, 0.05) is 24.0 Å². The second kappa shape index (κ2) is 6.26. The predicted molar refractivity (Wildman–Crippen MR) is 84.4 cm³/mol. The molecular formula is C14H21N5OS. The molecule has 2 aromatic heterocycles. The van der Waals surface area contributed by atoms with Gasteiger partial charge >= 0.3 is 0 Å². The fourth-order valence-corrected chi connectivity index (χ4v) is 2.60. The number of nitrogens with one attached hydrogen (secondary N) is 2. The first-order chi connectivity index (χ1) is 9.88. The molecule has 21 heavy (non-hydrogen) atoms. The van der Waals surface area contributed by atoms with Crippen LogP contribution in [0.5, 0.6) is 0 Å². The van der Waals surface area contributed by atoms with Crippen LogP contribution in [0, 0.1) is 0 Å². The zero-order valence-electron chi connectivity index (χ0n) is 12.8. The number of hydrogen-bond donors (Lipinski definition) is 2. The molecule has 0 aromatic carbocycles. The maximum absolute atomic E-state index is 11.3. The largest absolute Gasteiger partial charge is 0.377 e. The smallest absolute Gasteiger partial charge is 0.241 e. The van der Waals surface area contributed by atoms with E-state index in [0.29, 0.717) is 6.54 Å². The maximum atomic E-state index is 11.3. The molecule has 0 unspecified atom stereocenters. The Bertz CT molecular complexity index is 611. The molecule has 2 N–H and O–H groups in total. The first kappa shape index (κ1) is 15.5. The highest BCUT2D eigenvalue weighted by molar-refractivity contribution is 7.09. The fraction of sp³-hybridized carbons (Fsp3) is 0.500. The SMILES string of the molecule is CNC(=O)Cn1cc(NCc2csc(C(C)(C)C)n2)cn1. The monoisotopic (exact) mass is 307 g/mol. The van der Waals surface area contributed by atoms with Gasteiger partial charge in [-0.1, -0.05) is 20.8 Å². The van der Waals surface area contributed by atoms with E-state index in [2.05, 4.69) is 46.9 Å². The van der Waals surface area contributed by atoms with Crippen molar-refractivity contribution in [1.29, 1.82) is 0 Å². The third kappa shape index (κ3) is 4.29. The van der Waals surface area contributed by atoms with Gasteiger partial charge in [-0.25, -0.2) is 4.98 Å². The molecule has 0 saturated carbocycles. The highest BCUT2D eigenvalue weighted by Gasteiger charge is 2.17. The fourth-order valence-electron chi connectivity index (χ4n) is 1.69.